The number of fused-ring (bicyclic) bond motifs is 3. The Morgan fingerprint density at radius 2 is 1.43 bits per heavy atom. The van der Waals surface area contributed by atoms with Gasteiger partial charge in [0.2, 0.25) is 0 Å². The molecule has 0 spiro atoms. The fourth-order valence-electron chi connectivity index (χ4n) is 3.03. The summed E-state index contributed by atoms with van der Waals surface area (Å²) in [6.07, 6.45) is 4.77. The lowest BCUT2D eigenvalue weighted by Gasteiger charge is -2.07. The van der Waals surface area contributed by atoms with Crippen molar-refractivity contribution in [1.29, 1.82) is 0 Å². The van der Waals surface area contributed by atoms with Crippen molar-refractivity contribution in [3.63, 3.8) is 0 Å². The standard InChI is InChI=1S/C19H16N2/c1-3-9-18-16(7-1)17-8-2-4-10-19(17)21(18)13-11-15-6-5-12-20-14-15/h1-10,12,14H,11,13H2. The molecule has 0 aliphatic rings. The maximum Gasteiger partial charge on any atom is 0.0491 e. The van der Waals surface area contributed by atoms with Gasteiger partial charge in [-0.25, -0.2) is 0 Å². The van der Waals surface area contributed by atoms with Gasteiger partial charge < -0.3 is 4.57 Å². The first-order chi connectivity index (χ1) is 10.4. The van der Waals surface area contributed by atoms with Gasteiger partial charge in [0.05, 0.1) is 0 Å². The highest BCUT2D eigenvalue weighted by Crippen LogP contribution is 2.28. The second-order valence-corrected chi connectivity index (χ2v) is 5.30. The lowest BCUT2D eigenvalue weighted by Crippen LogP contribution is -2.01. The number of rotatable bonds is 3. The van der Waals surface area contributed by atoms with Crippen LogP contribution < -0.4 is 0 Å². The molecule has 2 heteroatoms. The van der Waals surface area contributed by atoms with E-state index < -0.39 is 0 Å². The van der Waals surface area contributed by atoms with Crippen molar-refractivity contribution in [3.8, 4) is 0 Å². The van der Waals surface area contributed by atoms with Crippen LogP contribution in [0.15, 0.2) is 73.1 Å². The van der Waals surface area contributed by atoms with Gasteiger partial charge >= 0.3 is 0 Å². The smallest absolute Gasteiger partial charge is 0.0491 e. The molecule has 4 aromatic rings. The van der Waals surface area contributed by atoms with Crippen LogP contribution in [0.5, 0.6) is 0 Å². The van der Waals surface area contributed by atoms with E-state index in [2.05, 4.69) is 64.1 Å². The Hall–Kier alpha value is -2.61. The summed E-state index contributed by atoms with van der Waals surface area (Å²) in [6, 6.07) is 21.4. The molecule has 102 valence electrons. The van der Waals surface area contributed by atoms with Crippen LogP contribution in [0, 0.1) is 0 Å². The van der Waals surface area contributed by atoms with Crippen molar-refractivity contribution >= 4 is 21.8 Å². The normalized spacial score (nSPS) is 11.2. The van der Waals surface area contributed by atoms with Crippen LogP contribution in [0.1, 0.15) is 5.56 Å². The molecule has 0 bridgehead atoms. The molecule has 2 heterocycles. The largest absolute Gasteiger partial charge is 0.340 e. The molecule has 0 saturated heterocycles. The highest BCUT2D eigenvalue weighted by molar-refractivity contribution is 6.07. The van der Waals surface area contributed by atoms with Crippen LogP contribution in [0.3, 0.4) is 0 Å². The van der Waals surface area contributed by atoms with Crippen molar-refractivity contribution in [2.24, 2.45) is 0 Å². The number of benzene rings is 2. The zero-order valence-corrected chi connectivity index (χ0v) is 11.7. The Morgan fingerprint density at radius 1 is 0.762 bits per heavy atom. The number of pyridine rings is 1. The first kappa shape index (κ1) is 12.2. The summed E-state index contributed by atoms with van der Waals surface area (Å²) in [6.45, 7) is 0.972. The van der Waals surface area contributed by atoms with Gasteiger partial charge in [0.1, 0.15) is 0 Å². The van der Waals surface area contributed by atoms with Gasteiger partial charge in [-0.1, -0.05) is 42.5 Å². The molecule has 0 atom stereocenters. The van der Waals surface area contributed by atoms with E-state index in [0.717, 1.165) is 13.0 Å². The maximum absolute atomic E-state index is 4.20. The number of aryl methyl sites for hydroxylation is 2. The number of para-hydroxylation sites is 2. The van der Waals surface area contributed by atoms with Gasteiger partial charge in [0.25, 0.3) is 0 Å². The minimum atomic E-state index is 0.972. The second kappa shape index (κ2) is 5.06. The highest BCUT2D eigenvalue weighted by atomic mass is 15.0. The summed E-state index contributed by atoms with van der Waals surface area (Å²) in [5.41, 5.74) is 3.89. The number of hydrogen-bond acceptors (Lipinski definition) is 1. The molecule has 0 unspecified atom stereocenters. The third-order valence-corrected chi connectivity index (χ3v) is 4.03. The molecule has 2 nitrogen and oxygen atoms in total. The summed E-state index contributed by atoms with van der Waals surface area (Å²) in [5, 5.41) is 2.67. The fourth-order valence-corrected chi connectivity index (χ4v) is 3.03. The van der Waals surface area contributed by atoms with Crippen molar-refractivity contribution in [1.82, 2.24) is 9.55 Å². The summed E-state index contributed by atoms with van der Waals surface area (Å²) < 4.78 is 2.41. The van der Waals surface area contributed by atoms with Gasteiger partial charge in [-0.3, -0.25) is 4.98 Å². The Labute approximate surface area is 123 Å². The first-order valence-corrected chi connectivity index (χ1v) is 7.28. The van der Waals surface area contributed by atoms with Crippen LogP contribution in [0.4, 0.5) is 0 Å². The van der Waals surface area contributed by atoms with Crippen LogP contribution in [-0.2, 0) is 13.0 Å². The molecule has 0 aliphatic heterocycles. The molecule has 4 rings (SSSR count). The Bertz CT molecular complexity index is 838. The van der Waals surface area contributed by atoms with Crippen molar-refractivity contribution in [2.75, 3.05) is 0 Å². The Kier molecular flexibility index (Phi) is 2.93. The van der Waals surface area contributed by atoms with Crippen LogP contribution >= 0.6 is 0 Å². The maximum atomic E-state index is 4.20. The number of nitrogens with zero attached hydrogens (tertiary/aromatic N) is 2. The van der Waals surface area contributed by atoms with Gasteiger partial charge in [-0.2, -0.15) is 0 Å². The molecule has 0 aliphatic carbocycles. The predicted molar refractivity (Wildman–Crippen MR) is 87.4 cm³/mol. The Balaban J connectivity index is 1.82. The van der Waals surface area contributed by atoms with E-state index in [9.17, 15) is 0 Å². The van der Waals surface area contributed by atoms with E-state index in [1.165, 1.54) is 27.4 Å². The van der Waals surface area contributed by atoms with Crippen LogP contribution in [0.2, 0.25) is 0 Å². The lowest BCUT2D eigenvalue weighted by atomic mass is 10.2. The molecule has 0 N–H and O–H groups in total. The Morgan fingerprint density at radius 3 is 2.05 bits per heavy atom. The molecule has 2 aromatic heterocycles. The molecular formula is C19H16N2. The molecule has 21 heavy (non-hydrogen) atoms. The minimum absolute atomic E-state index is 0.972. The first-order valence-electron chi connectivity index (χ1n) is 7.28. The van der Waals surface area contributed by atoms with E-state index in [1.54, 1.807) is 0 Å². The lowest BCUT2D eigenvalue weighted by molar-refractivity contribution is 0.743. The van der Waals surface area contributed by atoms with Gasteiger partial charge in [0.15, 0.2) is 0 Å². The quantitative estimate of drug-likeness (QED) is 0.539. The zero-order chi connectivity index (χ0) is 14.1. The third-order valence-electron chi connectivity index (χ3n) is 4.03. The highest BCUT2D eigenvalue weighted by Gasteiger charge is 2.09. The molecule has 0 fully saturated rings. The molecular weight excluding hydrogens is 256 g/mol. The zero-order valence-electron chi connectivity index (χ0n) is 11.7. The SMILES string of the molecule is c1cncc(CCn2c3ccccc3c3ccccc32)c1. The molecule has 2 aromatic carbocycles. The summed E-state index contributed by atoms with van der Waals surface area (Å²) >= 11 is 0. The minimum Gasteiger partial charge on any atom is -0.340 e. The van der Waals surface area contributed by atoms with Crippen LogP contribution in [-0.4, -0.2) is 9.55 Å². The fraction of sp³-hybridized carbons (Fsp3) is 0.105. The summed E-state index contributed by atoms with van der Waals surface area (Å²) in [4.78, 5) is 4.20. The molecule has 0 radical (unpaired) electrons. The molecule has 0 amide bonds. The van der Waals surface area contributed by atoms with Gasteiger partial charge in [0, 0.05) is 40.7 Å². The van der Waals surface area contributed by atoms with Crippen LogP contribution in [0.25, 0.3) is 21.8 Å². The third kappa shape index (κ3) is 2.09. The van der Waals surface area contributed by atoms with E-state index in [4.69, 9.17) is 0 Å². The monoisotopic (exact) mass is 272 g/mol. The van der Waals surface area contributed by atoms with E-state index >= 15 is 0 Å². The predicted octanol–water partition coefficient (Wildman–Crippen LogP) is 4.43. The van der Waals surface area contributed by atoms with Gasteiger partial charge in [-0.05, 0) is 30.2 Å². The topological polar surface area (TPSA) is 17.8 Å². The summed E-state index contributed by atoms with van der Waals surface area (Å²) in [7, 11) is 0. The average molecular weight is 272 g/mol. The van der Waals surface area contributed by atoms with Crippen molar-refractivity contribution < 1.29 is 0 Å². The van der Waals surface area contributed by atoms with Crippen molar-refractivity contribution in [3.05, 3.63) is 78.6 Å². The number of aromatic nitrogens is 2. The van der Waals surface area contributed by atoms with E-state index in [1.807, 2.05) is 18.5 Å². The number of hydrogen-bond donors (Lipinski definition) is 0. The summed E-state index contributed by atoms with van der Waals surface area (Å²) in [5.74, 6) is 0. The molecule has 0 saturated carbocycles. The van der Waals surface area contributed by atoms with Crippen molar-refractivity contribution in [2.45, 2.75) is 13.0 Å². The van der Waals surface area contributed by atoms with Gasteiger partial charge in [-0.15, -0.1) is 0 Å². The second-order valence-electron chi connectivity index (χ2n) is 5.30. The van der Waals surface area contributed by atoms with E-state index in [0.29, 0.717) is 0 Å². The van der Waals surface area contributed by atoms with E-state index in [-0.39, 0.29) is 0 Å². The average Bonchev–Trinajstić information content (AvgIpc) is 2.88.